The molecule has 0 bridgehead atoms. The third kappa shape index (κ3) is 5.73. The second-order valence-corrected chi connectivity index (χ2v) is 7.43. The third-order valence-corrected chi connectivity index (χ3v) is 5.52. The van der Waals surface area contributed by atoms with E-state index in [9.17, 15) is 4.79 Å². The van der Waals surface area contributed by atoms with Gasteiger partial charge in [-0.2, -0.15) is 0 Å². The average molecular weight is 348 g/mol. The number of hydrogen-bond acceptors (Lipinski definition) is 3. The first kappa shape index (κ1) is 18.2. The average Bonchev–Trinajstić information content (AvgIpc) is 3.01. The molecule has 2 aliphatic rings. The van der Waals surface area contributed by atoms with Gasteiger partial charge in [0.15, 0.2) is 0 Å². The number of urea groups is 1. The Morgan fingerprint density at radius 2 is 1.92 bits per heavy atom. The third-order valence-electron chi connectivity index (χ3n) is 5.52. The number of likely N-dealkylation sites (tertiary alicyclic amines) is 2. The van der Waals surface area contributed by atoms with Gasteiger partial charge in [-0.3, -0.25) is 4.90 Å². The van der Waals surface area contributed by atoms with Crippen molar-refractivity contribution in [3.05, 3.63) is 18.7 Å². The molecule has 1 aromatic rings. The number of carbonyl (C=O) groups excluding carboxylic acids is 1. The Balaban J connectivity index is 1.34. The van der Waals surface area contributed by atoms with E-state index in [4.69, 9.17) is 0 Å². The highest BCUT2D eigenvalue weighted by Gasteiger charge is 2.27. The molecule has 0 spiro atoms. The molecule has 6 heteroatoms. The predicted molar refractivity (Wildman–Crippen MR) is 99.5 cm³/mol. The van der Waals surface area contributed by atoms with Crippen LogP contribution in [0.25, 0.3) is 0 Å². The Labute approximate surface area is 151 Å². The standard InChI is InChI=1S/C19H33N5O/c25-19(21-9-3-6-11-22-15-10-20-17-22)24-14-7-8-18(16-24)23-12-4-1-2-5-13-23/h10,15,17-18H,1-9,11-14,16H2,(H,21,25)/t18-/m1/s1. The van der Waals surface area contributed by atoms with Gasteiger partial charge < -0.3 is 14.8 Å². The molecule has 0 saturated carbocycles. The van der Waals surface area contributed by atoms with Gasteiger partial charge in [0.1, 0.15) is 0 Å². The van der Waals surface area contributed by atoms with Gasteiger partial charge in [0, 0.05) is 44.6 Å². The first-order valence-corrected chi connectivity index (χ1v) is 10.1. The molecule has 6 nitrogen and oxygen atoms in total. The summed E-state index contributed by atoms with van der Waals surface area (Å²) in [5, 5.41) is 3.11. The molecule has 25 heavy (non-hydrogen) atoms. The van der Waals surface area contributed by atoms with Crippen LogP contribution in [0, 0.1) is 0 Å². The van der Waals surface area contributed by atoms with E-state index < -0.39 is 0 Å². The van der Waals surface area contributed by atoms with Crippen LogP contribution in [-0.2, 0) is 6.54 Å². The minimum atomic E-state index is 0.127. The molecule has 2 aliphatic heterocycles. The molecule has 1 atom stereocenters. The van der Waals surface area contributed by atoms with Crippen molar-refractivity contribution < 1.29 is 4.79 Å². The summed E-state index contributed by atoms with van der Waals surface area (Å²) in [6.07, 6.45) is 15.5. The summed E-state index contributed by atoms with van der Waals surface area (Å²) in [5.41, 5.74) is 0. The van der Waals surface area contributed by atoms with Gasteiger partial charge in [-0.1, -0.05) is 12.8 Å². The quantitative estimate of drug-likeness (QED) is 0.805. The fourth-order valence-corrected chi connectivity index (χ4v) is 4.04. The number of rotatable bonds is 6. The van der Waals surface area contributed by atoms with Gasteiger partial charge >= 0.3 is 6.03 Å². The normalized spacial score (nSPS) is 22.6. The van der Waals surface area contributed by atoms with Crippen LogP contribution in [-0.4, -0.2) is 64.1 Å². The van der Waals surface area contributed by atoms with Gasteiger partial charge in [0.05, 0.1) is 6.33 Å². The van der Waals surface area contributed by atoms with E-state index in [0.29, 0.717) is 6.04 Å². The summed E-state index contributed by atoms with van der Waals surface area (Å²) < 4.78 is 2.08. The van der Waals surface area contributed by atoms with Crippen LogP contribution in [0.3, 0.4) is 0 Å². The van der Waals surface area contributed by atoms with E-state index in [0.717, 1.165) is 45.4 Å². The SMILES string of the molecule is O=C(NCCCCn1ccnc1)N1CCC[C@@H](N2CCCCCC2)C1. The molecule has 0 aromatic carbocycles. The first-order valence-electron chi connectivity index (χ1n) is 10.1. The van der Waals surface area contributed by atoms with Crippen molar-refractivity contribution in [2.75, 3.05) is 32.7 Å². The molecular weight excluding hydrogens is 314 g/mol. The van der Waals surface area contributed by atoms with Crippen molar-refractivity contribution in [2.45, 2.75) is 64.0 Å². The Morgan fingerprint density at radius 1 is 1.08 bits per heavy atom. The molecular formula is C19H33N5O. The first-order chi connectivity index (χ1) is 12.3. The highest BCUT2D eigenvalue weighted by molar-refractivity contribution is 5.74. The van der Waals surface area contributed by atoms with Crippen molar-refractivity contribution in [2.24, 2.45) is 0 Å². The van der Waals surface area contributed by atoms with Crippen LogP contribution in [0.15, 0.2) is 18.7 Å². The molecule has 140 valence electrons. The zero-order valence-corrected chi connectivity index (χ0v) is 15.4. The smallest absolute Gasteiger partial charge is 0.317 e. The predicted octanol–water partition coefficient (Wildman–Crippen LogP) is 2.71. The molecule has 2 amide bonds. The van der Waals surface area contributed by atoms with Crippen molar-refractivity contribution in [1.82, 2.24) is 24.7 Å². The van der Waals surface area contributed by atoms with Gasteiger partial charge in [-0.05, 0) is 51.6 Å². The Morgan fingerprint density at radius 3 is 2.68 bits per heavy atom. The van der Waals surface area contributed by atoms with E-state index in [1.807, 2.05) is 17.4 Å². The molecule has 0 radical (unpaired) electrons. The van der Waals surface area contributed by atoms with Gasteiger partial charge in [0.2, 0.25) is 0 Å². The molecule has 0 unspecified atom stereocenters. The van der Waals surface area contributed by atoms with Crippen LogP contribution in [0.4, 0.5) is 4.79 Å². The maximum Gasteiger partial charge on any atom is 0.317 e. The molecule has 1 aromatic heterocycles. The lowest BCUT2D eigenvalue weighted by Gasteiger charge is -2.39. The lowest BCUT2D eigenvalue weighted by atomic mass is 10.0. The van der Waals surface area contributed by atoms with E-state index in [1.54, 1.807) is 6.20 Å². The summed E-state index contributed by atoms with van der Waals surface area (Å²) in [5.74, 6) is 0. The fraction of sp³-hybridized carbons (Fsp3) is 0.789. The number of aromatic nitrogens is 2. The van der Waals surface area contributed by atoms with Crippen molar-refractivity contribution in [3.63, 3.8) is 0 Å². The van der Waals surface area contributed by atoms with Gasteiger partial charge in [-0.15, -0.1) is 0 Å². The Bertz CT molecular complexity index is 496. The van der Waals surface area contributed by atoms with Crippen LogP contribution in [0.1, 0.15) is 51.4 Å². The monoisotopic (exact) mass is 347 g/mol. The topological polar surface area (TPSA) is 53.4 Å². The van der Waals surface area contributed by atoms with Crippen molar-refractivity contribution >= 4 is 6.03 Å². The second kappa shape index (κ2) is 9.80. The number of aryl methyl sites for hydroxylation is 1. The Kier molecular flexibility index (Phi) is 7.15. The van der Waals surface area contributed by atoms with Crippen LogP contribution in [0.2, 0.25) is 0 Å². The molecule has 0 aliphatic carbocycles. The fourth-order valence-electron chi connectivity index (χ4n) is 4.04. The summed E-state index contributed by atoms with van der Waals surface area (Å²) in [6, 6.07) is 0.695. The largest absolute Gasteiger partial charge is 0.338 e. The number of piperidine rings is 1. The molecule has 2 saturated heterocycles. The van der Waals surface area contributed by atoms with E-state index in [2.05, 4.69) is 19.8 Å². The number of nitrogens with zero attached hydrogens (tertiary/aromatic N) is 4. The maximum atomic E-state index is 12.5. The molecule has 3 heterocycles. The Hall–Kier alpha value is -1.56. The number of imidazole rings is 1. The lowest BCUT2D eigenvalue weighted by molar-refractivity contribution is 0.111. The van der Waals surface area contributed by atoms with Crippen LogP contribution >= 0.6 is 0 Å². The van der Waals surface area contributed by atoms with E-state index in [-0.39, 0.29) is 6.03 Å². The number of carbonyl (C=O) groups is 1. The van der Waals surface area contributed by atoms with E-state index >= 15 is 0 Å². The minimum Gasteiger partial charge on any atom is -0.338 e. The van der Waals surface area contributed by atoms with Crippen LogP contribution in [0.5, 0.6) is 0 Å². The highest BCUT2D eigenvalue weighted by atomic mass is 16.2. The number of unbranched alkanes of at least 4 members (excludes halogenated alkanes) is 1. The van der Waals surface area contributed by atoms with Gasteiger partial charge in [0.25, 0.3) is 0 Å². The highest BCUT2D eigenvalue weighted by Crippen LogP contribution is 2.20. The van der Waals surface area contributed by atoms with E-state index in [1.165, 1.54) is 45.2 Å². The molecule has 1 N–H and O–H groups in total. The van der Waals surface area contributed by atoms with Gasteiger partial charge in [-0.25, -0.2) is 9.78 Å². The number of nitrogens with one attached hydrogen (secondary N) is 1. The summed E-state index contributed by atoms with van der Waals surface area (Å²) in [4.78, 5) is 21.2. The summed E-state index contributed by atoms with van der Waals surface area (Å²) >= 11 is 0. The van der Waals surface area contributed by atoms with Crippen LogP contribution < -0.4 is 5.32 Å². The van der Waals surface area contributed by atoms with Crippen molar-refractivity contribution in [3.8, 4) is 0 Å². The zero-order chi connectivity index (χ0) is 17.3. The molecule has 3 rings (SSSR count). The second-order valence-electron chi connectivity index (χ2n) is 7.43. The summed E-state index contributed by atoms with van der Waals surface area (Å²) in [6.45, 7) is 5.98. The van der Waals surface area contributed by atoms with Crippen molar-refractivity contribution in [1.29, 1.82) is 0 Å². The zero-order valence-electron chi connectivity index (χ0n) is 15.4. The molecule has 2 fully saturated rings. The lowest BCUT2D eigenvalue weighted by Crippen LogP contribution is -2.52. The number of amides is 2. The maximum absolute atomic E-state index is 12.5. The summed E-state index contributed by atoms with van der Waals surface area (Å²) in [7, 11) is 0. The number of hydrogen-bond donors (Lipinski definition) is 1. The minimum absolute atomic E-state index is 0.127.